The fourth-order valence-corrected chi connectivity index (χ4v) is 2.66. The summed E-state index contributed by atoms with van der Waals surface area (Å²) < 4.78 is 16.8. The van der Waals surface area contributed by atoms with E-state index in [1.54, 1.807) is 37.6 Å². The summed E-state index contributed by atoms with van der Waals surface area (Å²) in [6.45, 7) is 1.02. The van der Waals surface area contributed by atoms with E-state index in [0.29, 0.717) is 30.9 Å². The van der Waals surface area contributed by atoms with Gasteiger partial charge >= 0.3 is 0 Å². The molecule has 6 heteroatoms. The maximum absolute atomic E-state index is 12.0. The fourth-order valence-electron chi connectivity index (χ4n) is 2.66. The number of hydrazone groups is 1. The number of hydrogen-bond acceptors (Lipinski definition) is 5. The van der Waals surface area contributed by atoms with Gasteiger partial charge in [-0.05, 0) is 36.4 Å². The smallest absolute Gasteiger partial charge is 0.271 e. The number of hydrogen-bond donors (Lipinski definition) is 1. The van der Waals surface area contributed by atoms with Gasteiger partial charge in [-0.2, -0.15) is 5.10 Å². The Hall–Kier alpha value is -3.80. The van der Waals surface area contributed by atoms with Crippen LogP contribution in [0.5, 0.6) is 17.2 Å². The van der Waals surface area contributed by atoms with Crippen LogP contribution in [0.4, 0.5) is 0 Å². The van der Waals surface area contributed by atoms with Gasteiger partial charge in [0, 0.05) is 23.6 Å². The van der Waals surface area contributed by atoms with Gasteiger partial charge in [0.15, 0.2) is 0 Å². The van der Waals surface area contributed by atoms with Crippen molar-refractivity contribution >= 4 is 12.1 Å². The molecule has 154 valence electrons. The van der Waals surface area contributed by atoms with Crippen LogP contribution in [-0.2, 0) is 0 Å². The molecule has 3 rings (SSSR count). The molecule has 0 aliphatic heterocycles. The van der Waals surface area contributed by atoms with E-state index in [2.05, 4.69) is 10.5 Å². The van der Waals surface area contributed by atoms with Crippen LogP contribution in [0, 0.1) is 0 Å². The second kappa shape index (κ2) is 11.3. The number of methoxy groups -OCH3 is 1. The zero-order chi connectivity index (χ0) is 21.0. The molecule has 6 nitrogen and oxygen atoms in total. The summed E-state index contributed by atoms with van der Waals surface area (Å²) in [5, 5.41) is 4.04. The van der Waals surface area contributed by atoms with Crippen LogP contribution in [0.1, 0.15) is 22.3 Å². The number of nitrogens with one attached hydrogen (secondary N) is 1. The summed E-state index contributed by atoms with van der Waals surface area (Å²) in [6, 6.07) is 23.9. The van der Waals surface area contributed by atoms with Crippen molar-refractivity contribution in [2.24, 2.45) is 5.10 Å². The minimum Gasteiger partial charge on any atom is -0.497 e. The molecule has 0 spiro atoms. The first kappa shape index (κ1) is 20.9. The van der Waals surface area contributed by atoms with Crippen molar-refractivity contribution < 1.29 is 19.0 Å². The molecule has 0 fully saturated rings. The second-order valence-corrected chi connectivity index (χ2v) is 6.33. The monoisotopic (exact) mass is 404 g/mol. The zero-order valence-corrected chi connectivity index (χ0v) is 16.8. The molecular weight excluding hydrogens is 380 g/mol. The highest BCUT2D eigenvalue weighted by molar-refractivity contribution is 5.95. The summed E-state index contributed by atoms with van der Waals surface area (Å²) in [4.78, 5) is 12.0. The molecule has 0 aromatic heterocycles. The SMILES string of the molecule is COc1cccc(OCCCOc2ccccc2C=NNC(=O)c2ccccc2)c1. The number of nitrogens with zero attached hydrogens (tertiary/aromatic N) is 1. The van der Waals surface area contributed by atoms with Gasteiger partial charge in [-0.25, -0.2) is 5.43 Å². The topological polar surface area (TPSA) is 69.2 Å². The van der Waals surface area contributed by atoms with E-state index in [4.69, 9.17) is 14.2 Å². The first-order chi connectivity index (χ1) is 14.8. The Kier molecular flexibility index (Phi) is 7.85. The first-order valence-corrected chi connectivity index (χ1v) is 9.63. The molecule has 0 bridgehead atoms. The van der Waals surface area contributed by atoms with Gasteiger partial charge < -0.3 is 14.2 Å². The molecule has 0 unspecified atom stereocenters. The largest absolute Gasteiger partial charge is 0.497 e. The van der Waals surface area contributed by atoms with Gasteiger partial charge in [0.05, 0.1) is 26.5 Å². The summed E-state index contributed by atoms with van der Waals surface area (Å²) in [6.07, 6.45) is 2.29. The van der Waals surface area contributed by atoms with Crippen LogP contribution in [0.15, 0.2) is 84.0 Å². The molecule has 0 atom stereocenters. The molecule has 1 amide bonds. The Balaban J connectivity index is 1.46. The zero-order valence-electron chi connectivity index (χ0n) is 16.8. The Labute approximate surface area is 176 Å². The van der Waals surface area contributed by atoms with E-state index >= 15 is 0 Å². The van der Waals surface area contributed by atoms with E-state index in [1.807, 2.05) is 54.6 Å². The second-order valence-electron chi connectivity index (χ2n) is 6.33. The predicted octanol–water partition coefficient (Wildman–Crippen LogP) is 4.31. The average molecular weight is 404 g/mol. The lowest BCUT2D eigenvalue weighted by Crippen LogP contribution is -2.17. The number of carbonyl (C=O) groups excluding carboxylic acids is 1. The maximum Gasteiger partial charge on any atom is 0.271 e. The van der Waals surface area contributed by atoms with Crippen LogP contribution >= 0.6 is 0 Å². The Morgan fingerprint density at radius 2 is 1.63 bits per heavy atom. The number of para-hydroxylation sites is 1. The number of rotatable bonds is 10. The molecule has 0 saturated heterocycles. The fraction of sp³-hybridized carbons (Fsp3) is 0.167. The van der Waals surface area contributed by atoms with E-state index in [0.717, 1.165) is 17.1 Å². The highest BCUT2D eigenvalue weighted by Gasteiger charge is 2.04. The highest BCUT2D eigenvalue weighted by atomic mass is 16.5. The predicted molar refractivity (Wildman–Crippen MR) is 117 cm³/mol. The van der Waals surface area contributed by atoms with Crippen LogP contribution < -0.4 is 19.6 Å². The van der Waals surface area contributed by atoms with Crippen LogP contribution in [0.3, 0.4) is 0 Å². The van der Waals surface area contributed by atoms with Crippen molar-refractivity contribution in [1.82, 2.24) is 5.43 Å². The lowest BCUT2D eigenvalue weighted by molar-refractivity contribution is 0.0955. The molecule has 0 saturated carbocycles. The highest BCUT2D eigenvalue weighted by Crippen LogP contribution is 2.19. The summed E-state index contributed by atoms with van der Waals surface area (Å²) in [7, 11) is 1.63. The molecule has 30 heavy (non-hydrogen) atoms. The lowest BCUT2D eigenvalue weighted by Gasteiger charge is -2.10. The Morgan fingerprint density at radius 1 is 0.900 bits per heavy atom. The summed E-state index contributed by atoms with van der Waals surface area (Å²) in [5.41, 5.74) is 3.85. The van der Waals surface area contributed by atoms with Gasteiger partial charge in [-0.3, -0.25) is 4.79 Å². The van der Waals surface area contributed by atoms with Crippen molar-refractivity contribution in [1.29, 1.82) is 0 Å². The van der Waals surface area contributed by atoms with Crippen molar-refractivity contribution in [3.05, 3.63) is 90.0 Å². The third-order valence-corrected chi connectivity index (χ3v) is 4.18. The molecule has 3 aromatic carbocycles. The standard InChI is InChI=1S/C24H24N2O4/c1-28-21-12-7-13-22(17-21)29-15-8-16-30-23-14-6-5-11-20(23)18-25-26-24(27)19-9-3-2-4-10-19/h2-7,9-14,17-18H,8,15-16H2,1H3,(H,26,27). The number of benzene rings is 3. The molecule has 0 aliphatic rings. The molecule has 0 heterocycles. The summed E-state index contributed by atoms with van der Waals surface area (Å²) in [5.74, 6) is 1.95. The normalized spacial score (nSPS) is 10.6. The number of ether oxygens (including phenoxy) is 3. The third kappa shape index (κ3) is 6.38. The van der Waals surface area contributed by atoms with Crippen LogP contribution in [-0.4, -0.2) is 32.4 Å². The van der Waals surface area contributed by atoms with Gasteiger partial charge in [0.25, 0.3) is 5.91 Å². The van der Waals surface area contributed by atoms with Gasteiger partial charge in [-0.15, -0.1) is 0 Å². The van der Waals surface area contributed by atoms with E-state index in [9.17, 15) is 4.79 Å². The van der Waals surface area contributed by atoms with E-state index < -0.39 is 0 Å². The minimum atomic E-state index is -0.264. The number of carbonyl (C=O) groups is 1. The third-order valence-electron chi connectivity index (χ3n) is 4.18. The Bertz CT molecular complexity index is 974. The van der Waals surface area contributed by atoms with Gasteiger partial charge in [0.2, 0.25) is 0 Å². The quantitative estimate of drug-likeness (QED) is 0.311. The van der Waals surface area contributed by atoms with Crippen LogP contribution in [0.2, 0.25) is 0 Å². The van der Waals surface area contributed by atoms with Gasteiger partial charge in [0.1, 0.15) is 17.2 Å². The van der Waals surface area contributed by atoms with Crippen molar-refractivity contribution in [3.63, 3.8) is 0 Å². The van der Waals surface area contributed by atoms with E-state index in [-0.39, 0.29) is 5.91 Å². The summed E-state index contributed by atoms with van der Waals surface area (Å²) >= 11 is 0. The van der Waals surface area contributed by atoms with Crippen molar-refractivity contribution in [3.8, 4) is 17.2 Å². The molecular formula is C24H24N2O4. The average Bonchev–Trinajstić information content (AvgIpc) is 2.80. The first-order valence-electron chi connectivity index (χ1n) is 9.63. The molecule has 0 radical (unpaired) electrons. The van der Waals surface area contributed by atoms with Gasteiger partial charge in [-0.1, -0.05) is 36.4 Å². The minimum absolute atomic E-state index is 0.264. The number of amides is 1. The molecule has 0 aliphatic carbocycles. The maximum atomic E-state index is 12.0. The Morgan fingerprint density at radius 3 is 2.47 bits per heavy atom. The van der Waals surface area contributed by atoms with Crippen LogP contribution in [0.25, 0.3) is 0 Å². The van der Waals surface area contributed by atoms with Crippen molar-refractivity contribution in [2.75, 3.05) is 20.3 Å². The van der Waals surface area contributed by atoms with Crippen molar-refractivity contribution in [2.45, 2.75) is 6.42 Å². The lowest BCUT2D eigenvalue weighted by atomic mass is 10.2. The molecule has 3 aromatic rings. The van der Waals surface area contributed by atoms with E-state index in [1.165, 1.54) is 0 Å². The molecule has 1 N–H and O–H groups in total.